The van der Waals surface area contributed by atoms with E-state index in [0.29, 0.717) is 24.1 Å². The van der Waals surface area contributed by atoms with Crippen molar-refractivity contribution >= 4 is 17.4 Å². The van der Waals surface area contributed by atoms with Crippen molar-refractivity contribution in [2.45, 2.75) is 38.0 Å². The summed E-state index contributed by atoms with van der Waals surface area (Å²) in [5.41, 5.74) is 5.79. The van der Waals surface area contributed by atoms with Crippen LogP contribution in [0.3, 0.4) is 0 Å². The molecule has 0 spiro atoms. The zero-order valence-electron chi connectivity index (χ0n) is 20.2. The molecule has 1 fully saturated rings. The Morgan fingerprint density at radius 2 is 1.83 bits per heavy atom. The maximum atomic E-state index is 12.6. The van der Waals surface area contributed by atoms with E-state index in [9.17, 15) is 4.79 Å². The zero-order valence-corrected chi connectivity index (χ0v) is 20.2. The minimum absolute atomic E-state index is 0.0677. The Morgan fingerprint density at radius 1 is 1.03 bits per heavy atom. The van der Waals surface area contributed by atoms with Crippen molar-refractivity contribution in [3.63, 3.8) is 0 Å². The Balaban J connectivity index is 1.23. The number of hydrogen-bond donors (Lipinski definition) is 1. The molecule has 1 N–H and O–H groups in total. The minimum Gasteiger partial charge on any atom is -0.341 e. The molecule has 2 aromatic heterocycles. The predicted molar refractivity (Wildman–Crippen MR) is 136 cm³/mol. The van der Waals surface area contributed by atoms with Crippen molar-refractivity contribution in [3.8, 4) is 17.1 Å². The molecule has 0 atom stereocenters. The number of carbonyl (C=O) groups excluding carboxylic acids is 1. The van der Waals surface area contributed by atoms with Gasteiger partial charge < -0.3 is 14.8 Å². The Labute approximate surface area is 204 Å². The van der Waals surface area contributed by atoms with Gasteiger partial charge in [0, 0.05) is 59.8 Å². The number of nitrogens with zero attached hydrogens (tertiary/aromatic N) is 5. The van der Waals surface area contributed by atoms with Gasteiger partial charge in [0.2, 0.25) is 0 Å². The first-order valence-corrected chi connectivity index (χ1v) is 12.0. The van der Waals surface area contributed by atoms with E-state index in [4.69, 9.17) is 4.98 Å². The molecule has 1 saturated carbocycles. The molecule has 176 valence electrons. The highest BCUT2D eigenvalue weighted by atomic mass is 16.2. The first-order valence-electron chi connectivity index (χ1n) is 12.0. The fraction of sp³-hybridized carbons (Fsp3) is 0.286. The molecule has 7 nitrogen and oxygen atoms in total. The summed E-state index contributed by atoms with van der Waals surface area (Å²) in [6.07, 6.45) is 8.26. The Bertz CT molecular complexity index is 1420. The van der Waals surface area contributed by atoms with Crippen molar-refractivity contribution in [2.75, 3.05) is 18.9 Å². The molecule has 1 aliphatic heterocycles. The van der Waals surface area contributed by atoms with Crippen molar-refractivity contribution in [1.29, 1.82) is 0 Å². The predicted octanol–water partition coefficient (Wildman–Crippen LogP) is 5.31. The van der Waals surface area contributed by atoms with Gasteiger partial charge in [-0.05, 0) is 66.9 Å². The molecule has 0 bridgehead atoms. The number of fused-ring (bicyclic) bond motifs is 1. The van der Waals surface area contributed by atoms with Gasteiger partial charge in [0.05, 0.1) is 12.0 Å². The normalized spacial score (nSPS) is 16.8. The summed E-state index contributed by atoms with van der Waals surface area (Å²) in [4.78, 5) is 28.1. The fourth-order valence-corrected chi connectivity index (χ4v) is 4.89. The number of aromatic nitrogens is 4. The van der Waals surface area contributed by atoms with Crippen molar-refractivity contribution in [2.24, 2.45) is 0 Å². The van der Waals surface area contributed by atoms with Crippen LogP contribution in [0.2, 0.25) is 0 Å². The molecule has 1 aliphatic carbocycles. The van der Waals surface area contributed by atoms with Crippen LogP contribution in [0.4, 0.5) is 11.5 Å². The van der Waals surface area contributed by atoms with E-state index in [1.165, 1.54) is 18.5 Å². The van der Waals surface area contributed by atoms with E-state index in [2.05, 4.69) is 58.1 Å². The lowest BCUT2D eigenvalue weighted by Gasteiger charge is -2.37. The van der Waals surface area contributed by atoms with Crippen LogP contribution in [0.5, 0.6) is 0 Å². The quantitative estimate of drug-likeness (QED) is 0.433. The first-order chi connectivity index (χ1) is 16.9. The largest absolute Gasteiger partial charge is 0.341 e. The van der Waals surface area contributed by atoms with Gasteiger partial charge in [0.15, 0.2) is 5.82 Å². The van der Waals surface area contributed by atoms with E-state index in [0.717, 1.165) is 28.1 Å². The average Bonchev–Trinajstić information content (AvgIpc) is 3.59. The van der Waals surface area contributed by atoms with Crippen molar-refractivity contribution in [3.05, 3.63) is 84.1 Å². The molecule has 0 unspecified atom stereocenters. The van der Waals surface area contributed by atoms with Gasteiger partial charge in [-0.15, -0.1) is 0 Å². The van der Waals surface area contributed by atoms with Gasteiger partial charge in [-0.1, -0.05) is 13.8 Å². The maximum Gasteiger partial charge on any atom is 0.253 e. The lowest BCUT2D eigenvalue weighted by atomic mass is 9.78. The van der Waals surface area contributed by atoms with Crippen LogP contribution in [-0.2, 0) is 5.41 Å². The molecule has 6 rings (SSSR count). The summed E-state index contributed by atoms with van der Waals surface area (Å²) in [5.74, 6) is 2.07. The minimum atomic E-state index is -0.122. The number of carbonyl (C=O) groups is 1. The number of likely N-dealkylation sites (N-methyl/N-ethyl adjacent to an activating group) is 1. The molecule has 2 aromatic carbocycles. The van der Waals surface area contributed by atoms with E-state index in [1.54, 1.807) is 11.1 Å². The molecule has 0 saturated heterocycles. The topological polar surface area (TPSA) is 75.9 Å². The van der Waals surface area contributed by atoms with E-state index in [-0.39, 0.29) is 11.3 Å². The summed E-state index contributed by atoms with van der Waals surface area (Å²) in [6.45, 7) is 5.03. The third-order valence-electron chi connectivity index (χ3n) is 6.91. The van der Waals surface area contributed by atoms with Crippen LogP contribution < -0.4 is 5.32 Å². The van der Waals surface area contributed by atoms with Gasteiger partial charge in [-0.25, -0.2) is 15.0 Å². The van der Waals surface area contributed by atoms with E-state index >= 15 is 0 Å². The van der Waals surface area contributed by atoms with Crippen LogP contribution in [0.15, 0.2) is 67.3 Å². The van der Waals surface area contributed by atoms with Crippen LogP contribution >= 0.6 is 0 Å². The second-order valence-electron chi connectivity index (χ2n) is 10.2. The Morgan fingerprint density at radius 3 is 2.60 bits per heavy atom. The third kappa shape index (κ3) is 4.07. The van der Waals surface area contributed by atoms with E-state index < -0.39 is 0 Å². The SMILES string of the molecule is CN1CC(C)(C)c2cc(Nc3ccnc(-c4ccc(-n5cnc(C6CC6)c5)cc4)n3)ccc2C1=O. The van der Waals surface area contributed by atoms with Crippen LogP contribution in [0.1, 0.15) is 54.2 Å². The molecular weight excluding hydrogens is 436 g/mol. The van der Waals surface area contributed by atoms with Gasteiger partial charge >= 0.3 is 0 Å². The second-order valence-corrected chi connectivity index (χ2v) is 10.2. The summed E-state index contributed by atoms with van der Waals surface area (Å²) in [6, 6.07) is 16.0. The molecule has 4 aromatic rings. The zero-order chi connectivity index (χ0) is 24.2. The Kier molecular flexibility index (Phi) is 4.95. The van der Waals surface area contributed by atoms with Gasteiger partial charge in [0.1, 0.15) is 5.82 Å². The molecule has 35 heavy (non-hydrogen) atoms. The molecule has 2 aliphatic rings. The van der Waals surface area contributed by atoms with Crippen LogP contribution in [-0.4, -0.2) is 43.9 Å². The van der Waals surface area contributed by atoms with Crippen molar-refractivity contribution in [1.82, 2.24) is 24.4 Å². The van der Waals surface area contributed by atoms with Gasteiger partial charge in [-0.2, -0.15) is 0 Å². The monoisotopic (exact) mass is 464 g/mol. The first kappa shape index (κ1) is 21.5. The number of amides is 1. The highest BCUT2D eigenvalue weighted by Crippen LogP contribution is 2.39. The van der Waals surface area contributed by atoms with Crippen LogP contribution in [0, 0.1) is 0 Å². The van der Waals surface area contributed by atoms with Crippen LogP contribution in [0.25, 0.3) is 17.1 Å². The number of rotatable bonds is 5. The molecule has 0 radical (unpaired) electrons. The summed E-state index contributed by atoms with van der Waals surface area (Å²) >= 11 is 0. The third-order valence-corrected chi connectivity index (χ3v) is 6.91. The highest BCUT2D eigenvalue weighted by molar-refractivity contribution is 5.97. The number of imidazole rings is 1. The average molecular weight is 465 g/mol. The van der Waals surface area contributed by atoms with Gasteiger partial charge in [-0.3, -0.25) is 4.79 Å². The second kappa shape index (κ2) is 8.05. The lowest BCUT2D eigenvalue weighted by Crippen LogP contribution is -2.44. The summed E-state index contributed by atoms with van der Waals surface area (Å²) in [5, 5.41) is 3.40. The molecule has 1 amide bonds. The molecular formula is C28H28N6O. The lowest BCUT2D eigenvalue weighted by molar-refractivity contribution is 0.0737. The van der Waals surface area contributed by atoms with E-state index in [1.807, 2.05) is 43.7 Å². The van der Waals surface area contributed by atoms with Crippen molar-refractivity contribution < 1.29 is 4.79 Å². The number of anilines is 2. The number of nitrogens with one attached hydrogen (secondary N) is 1. The molecule has 7 heteroatoms. The standard InChI is InChI=1S/C28H28N6O/c1-28(2)16-33(3)27(35)22-11-8-20(14-23(22)28)31-25-12-13-29-26(32-25)19-6-9-21(10-7-19)34-15-24(30-17-34)18-4-5-18/h6-15,17-18H,4-5,16H2,1-3H3,(H,29,31,32). The Hall–Kier alpha value is -4.00. The number of hydrogen-bond acceptors (Lipinski definition) is 5. The maximum absolute atomic E-state index is 12.6. The fourth-order valence-electron chi connectivity index (χ4n) is 4.89. The summed E-state index contributed by atoms with van der Waals surface area (Å²) in [7, 11) is 1.86. The molecule has 3 heterocycles. The summed E-state index contributed by atoms with van der Waals surface area (Å²) < 4.78 is 2.07. The smallest absolute Gasteiger partial charge is 0.253 e. The highest BCUT2D eigenvalue weighted by Gasteiger charge is 2.35. The van der Waals surface area contributed by atoms with Gasteiger partial charge in [0.25, 0.3) is 5.91 Å². The number of benzene rings is 2.